The van der Waals surface area contributed by atoms with Gasteiger partial charge in [0.1, 0.15) is 0 Å². The van der Waals surface area contributed by atoms with Crippen LogP contribution in [0, 0.1) is 0 Å². The largest absolute Gasteiger partial charge is 0.493 e. The molecule has 0 fully saturated rings. The first kappa shape index (κ1) is 13.2. The molecular formula is C12H19NO2S. The van der Waals surface area contributed by atoms with Gasteiger partial charge in [0.25, 0.3) is 0 Å². The van der Waals surface area contributed by atoms with Crippen molar-refractivity contribution in [1.82, 2.24) is 4.72 Å². The maximum atomic E-state index is 5.25. The molecule has 0 saturated heterocycles. The Kier molecular flexibility index (Phi) is 6.11. The number of ether oxygens (including phenoxy) is 2. The highest BCUT2D eigenvalue weighted by Crippen LogP contribution is 2.27. The number of rotatable bonds is 7. The highest BCUT2D eigenvalue weighted by atomic mass is 32.2. The first-order valence-corrected chi connectivity index (χ1v) is 6.36. The number of benzene rings is 1. The SMILES string of the molecule is CCSNCCc1ccc(OC)c(OC)c1. The van der Waals surface area contributed by atoms with Crippen LogP contribution in [0.5, 0.6) is 11.5 Å². The van der Waals surface area contributed by atoms with E-state index in [4.69, 9.17) is 9.47 Å². The smallest absolute Gasteiger partial charge is 0.160 e. The van der Waals surface area contributed by atoms with Gasteiger partial charge in [0, 0.05) is 12.3 Å². The summed E-state index contributed by atoms with van der Waals surface area (Å²) in [5.74, 6) is 2.66. The van der Waals surface area contributed by atoms with Crippen molar-refractivity contribution in [3.05, 3.63) is 23.8 Å². The second-order valence-electron chi connectivity index (χ2n) is 3.27. The van der Waals surface area contributed by atoms with Crippen LogP contribution in [0.4, 0.5) is 0 Å². The van der Waals surface area contributed by atoms with Crippen LogP contribution >= 0.6 is 11.9 Å². The van der Waals surface area contributed by atoms with E-state index in [2.05, 4.69) is 17.7 Å². The van der Waals surface area contributed by atoms with Crippen molar-refractivity contribution in [2.24, 2.45) is 0 Å². The third-order valence-electron chi connectivity index (χ3n) is 2.21. The fraction of sp³-hybridized carbons (Fsp3) is 0.500. The lowest BCUT2D eigenvalue weighted by Crippen LogP contribution is -2.08. The molecule has 1 aromatic rings. The zero-order valence-corrected chi connectivity index (χ0v) is 10.9. The molecule has 90 valence electrons. The van der Waals surface area contributed by atoms with Gasteiger partial charge in [0.2, 0.25) is 0 Å². The number of nitrogens with one attached hydrogen (secondary N) is 1. The van der Waals surface area contributed by atoms with Crippen LogP contribution in [-0.2, 0) is 6.42 Å². The number of hydrogen-bond donors (Lipinski definition) is 1. The average molecular weight is 241 g/mol. The summed E-state index contributed by atoms with van der Waals surface area (Å²) >= 11 is 1.74. The molecule has 0 amide bonds. The normalized spacial score (nSPS) is 10.2. The predicted molar refractivity (Wildman–Crippen MR) is 69.4 cm³/mol. The zero-order valence-electron chi connectivity index (χ0n) is 10.1. The molecule has 3 nitrogen and oxygen atoms in total. The second kappa shape index (κ2) is 7.41. The Balaban J connectivity index is 2.54. The van der Waals surface area contributed by atoms with Crippen molar-refractivity contribution < 1.29 is 9.47 Å². The van der Waals surface area contributed by atoms with Gasteiger partial charge in [-0.1, -0.05) is 24.9 Å². The Labute approximate surface area is 102 Å². The third kappa shape index (κ3) is 3.94. The van der Waals surface area contributed by atoms with Crippen molar-refractivity contribution in [3.63, 3.8) is 0 Å². The summed E-state index contributed by atoms with van der Waals surface area (Å²) < 4.78 is 13.7. The summed E-state index contributed by atoms with van der Waals surface area (Å²) in [5, 5.41) is 0. The Bertz CT molecular complexity index is 318. The Morgan fingerprint density at radius 1 is 1.19 bits per heavy atom. The molecule has 0 spiro atoms. The van der Waals surface area contributed by atoms with Crippen LogP contribution in [0.15, 0.2) is 18.2 Å². The van der Waals surface area contributed by atoms with Gasteiger partial charge < -0.3 is 9.47 Å². The standard InChI is InChI=1S/C12H19NO2S/c1-4-16-13-8-7-10-5-6-11(14-2)12(9-10)15-3/h5-6,9,13H,4,7-8H2,1-3H3. The first-order valence-electron chi connectivity index (χ1n) is 5.37. The van der Waals surface area contributed by atoms with Crippen molar-refractivity contribution in [2.45, 2.75) is 13.3 Å². The monoisotopic (exact) mass is 241 g/mol. The first-order chi connectivity index (χ1) is 7.81. The second-order valence-corrected chi connectivity index (χ2v) is 4.42. The zero-order chi connectivity index (χ0) is 11.8. The molecule has 0 atom stereocenters. The van der Waals surface area contributed by atoms with Gasteiger partial charge in [0.05, 0.1) is 14.2 Å². The quantitative estimate of drug-likeness (QED) is 0.587. The molecular weight excluding hydrogens is 222 g/mol. The van der Waals surface area contributed by atoms with E-state index in [9.17, 15) is 0 Å². The van der Waals surface area contributed by atoms with Gasteiger partial charge in [-0.2, -0.15) is 0 Å². The highest BCUT2D eigenvalue weighted by molar-refractivity contribution is 7.97. The van der Waals surface area contributed by atoms with Crippen LogP contribution in [0.2, 0.25) is 0 Å². The lowest BCUT2D eigenvalue weighted by Gasteiger charge is -2.09. The summed E-state index contributed by atoms with van der Waals surface area (Å²) in [5.41, 5.74) is 1.25. The molecule has 0 heterocycles. The molecule has 0 aliphatic heterocycles. The summed E-state index contributed by atoms with van der Waals surface area (Å²) in [6.07, 6.45) is 0.993. The lowest BCUT2D eigenvalue weighted by molar-refractivity contribution is 0.354. The molecule has 16 heavy (non-hydrogen) atoms. The molecule has 0 aliphatic carbocycles. The van der Waals surface area contributed by atoms with Gasteiger partial charge in [-0.3, -0.25) is 4.72 Å². The predicted octanol–water partition coefficient (Wildman–Crippen LogP) is 2.50. The van der Waals surface area contributed by atoms with Crippen LogP contribution in [-0.4, -0.2) is 26.5 Å². The van der Waals surface area contributed by atoms with Crippen molar-refractivity contribution in [1.29, 1.82) is 0 Å². The minimum atomic E-state index is 0.780. The number of methoxy groups -OCH3 is 2. The minimum Gasteiger partial charge on any atom is -0.493 e. The fourth-order valence-corrected chi connectivity index (χ4v) is 1.86. The van der Waals surface area contributed by atoms with Crippen LogP contribution in [0.25, 0.3) is 0 Å². The van der Waals surface area contributed by atoms with Gasteiger partial charge in [-0.05, 0) is 24.1 Å². The van der Waals surface area contributed by atoms with Crippen molar-refractivity contribution >= 4 is 11.9 Å². The van der Waals surface area contributed by atoms with Gasteiger partial charge >= 0.3 is 0 Å². The van der Waals surface area contributed by atoms with Crippen molar-refractivity contribution in [3.8, 4) is 11.5 Å². The topological polar surface area (TPSA) is 30.5 Å². The molecule has 4 heteroatoms. The van der Waals surface area contributed by atoms with E-state index in [-0.39, 0.29) is 0 Å². The highest BCUT2D eigenvalue weighted by Gasteiger charge is 2.03. The summed E-state index contributed by atoms with van der Waals surface area (Å²) in [7, 11) is 3.31. The Morgan fingerprint density at radius 2 is 1.94 bits per heavy atom. The minimum absolute atomic E-state index is 0.780. The summed E-state index contributed by atoms with van der Waals surface area (Å²) in [4.78, 5) is 0. The molecule has 0 bridgehead atoms. The van der Waals surface area contributed by atoms with Crippen LogP contribution in [0.1, 0.15) is 12.5 Å². The number of hydrogen-bond acceptors (Lipinski definition) is 4. The van der Waals surface area contributed by atoms with Crippen molar-refractivity contribution in [2.75, 3.05) is 26.5 Å². The van der Waals surface area contributed by atoms with E-state index in [1.54, 1.807) is 26.2 Å². The lowest BCUT2D eigenvalue weighted by atomic mass is 10.1. The molecule has 1 N–H and O–H groups in total. The molecule has 1 rings (SSSR count). The maximum Gasteiger partial charge on any atom is 0.160 e. The van der Waals surface area contributed by atoms with Gasteiger partial charge in [-0.15, -0.1) is 0 Å². The summed E-state index contributed by atoms with van der Waals surface area (Å²) in [6.45, 7) is 3.10. The molecule has 1 aromatic carbocycles. The van der Waals surface area contributed by atoms with E-state index in [1.807, 2.05) is 12.1 Å². The van der Waals surface area contributed by atoms with E-state index in [0.29, 0.717) is 0 Å². The van der Waals surface area contributed by atoms with Crippen LogP contribution in [0.3, 0.4) is 0 Å². The summed E-state index contributed by atoms with van der Waals surface area (Å²) in [6, 6.07) is 6.04. The molecule has 0 aliphatic rings. The molecule has 0 saturated carbocycles. The van der Waals surface area contributed by atoms with E-state index < -0.39 is 0 Å². The fourth-order valence-electron chi connectivity index (χ4n) is 1.41. The van der Waals surface area contributed by atoms with Crippen LogP contribution < -0.4 is 14.2 Å². The third-order valence-corrected chi connectivity index (χ3v) is 2.91. The van der Waals surface area contributed by atoms with E-state index in [1.165, 1.54) is 5.56 Å². The Morgan fingerprint density at radius 3 is 2.56 bits per heavy atom. The molecule has 0 aromatic heterocycles. The van der Waals surface area contributed by atoms with E-state index >= 15 is 0 Å². The Hall–Kier alpha value is -0.870. The average Bonchev–Trinajstić information content (AvgIpc) is 2.34. The molecule has 0 unspecified atom stereocenters. The van der Waals surface area contributed by atoms with E-state index in [0.717, 1.165) is 30.2 Å². The van der Waals surface area contributed by atoms with Gasteiger partial charge in [-0.25, -0.2) is 0 Å². The van der Waals surface area contributed by atoms with Gasteiger partial charge in [0.15, 0.2) is 11.5 Å². The molecule has 0 radical (unpaired) electrons. The maximum absolute atomic E-state index is 5.25.